The maximum atomic E-state index is 14.3. The minimum Gasteiger partial charge on any atom is -0.465 e. The Morgan fingerprint density at radius 3 is 2.49 bits per heavy atom. The van der Waals surface area contributed by atoms with E-state index in [1.165, 1.54) is 0 Å². The van der Waals surface area contributed by atoms with Gasteiger partial charge in [-0.2, -0.15) is 0 Å². The fraction of sp³-hybridized carbons (Fsp3) is 0.892. The smallest absolute Gasteiger partial charge is 0.310 e. The molecule has 6 heteroatoms. The summed E-state index contributed by atoms with van der Waals surface area (Å²) in [6, 6.07) is 0. The Morgan fingerprint density at radius 1 is 1.09 bits per heavy atom. The van der Waals surface area contributed by atoms with Gasteiger partial charge in [0.25, 0.3) is 0 Å². The first-order valence-electron chi connectivity index (χ1n) is 17.3. The molecule has 0 radical (unpaired) electrons. The number of ether oxygens (including phenoxy) is 4. The van der Waals surface area contributed by atoms with Crippen molar-refractivity contribution in [1.29, 1.82) is 0 Å². The summed E-state index contributed by atoms with van der Waals surface area (Å²) in [7, 11) is 1.79. The minimum absolute atomic E-state index is 0.0251. The fourth-order valence-corrected chi connectivity index (χ4v) is 11.6. The lowest BCUT2D eigenvalue weighted by atomic mass is 9.34. The highest BCUT2D eigenvalue weighted by Crippen LogP contribution is 2.75. The number of carbonyl (C=O) groups is 2. The van der Waals surface area contributed by atoms with E-state index in [-0.39, 0.29) is 57.8 Å². The molecule has 5 aliphatic rings. The Morgan fingerprint density at radius 2 is 1.84 bits per heavy atom. The molecule has 4 fully saturated rings. The third-order valence-electron chi connectivity index (χ3n) is 14.4. The number of aldehydes is 1. The molecule has 2 bridgehead atoms. The number of fused-ring (bicyclic) bond motifs is 3. The maximum Gasteiger partial charge on any atom is 0.310 e. The van der Waals surface area contributed by atoms with Crippen LogP contribution in [0.4, 0.5) is 0 Å². The second-order valence-corrected chi connectivity index (χ2v) is 16.4. The number of esters is 1. The van der Waals surface area contributed by atoms with Crippen LogP contribution in [0.3, 0.4) is 0 Å². The molecule has 0 amide bonds. The molecule has 0 aromatic carbocycles. The molecule has 43 heavy (non-hydrogen) atoms. The molecule has 6 nitrogen and oxygen atoms in total. The zero-order chi connectivity index (χ0) is 31.4. The summed E-state index contributed by atoms with van der Waals surface area (Å²) < 4.78 is 25.0. The van der Waals surface area contributed by atoms with Crippen LogP contribution in [0.15, 0.2) is 11.6 Å². The first-order chi connectivity index (χ1) is 20.3. The molecule has 1 saturated heterocycles. The monoisotopic (exact) mass is 600 g/mol. The molecular formula is C37H60O6. The van der Waals surface area contributed by atoms with Gasteiger partial charge in [-0.1, -0.05) is 73.5 Å². The van der Waals surface area contributed by atoms with Gasteiger partial charge in [0.15, 0.2) is 0 Å². The molecule has 0 N–H and O–H groups in total. The Balaban J connectivity index is 1.58. The highest BCUT2D eigenvalue weighted by Gasteiger charge is 2.71. The van der Waals surface area contributed by atoms with Crippen molar-refractivity contribution in [1.82, 2.24) is 0 Å². The molecule has 0 aromatic rings. The van der Waals surface area contributed by atoms with Gasteiger partial charge >= 0.3 is 5.97 Å². The molecule has 1 aliphatic heterocycles. The third kappa shape index (κ3) is 4.73. The zero-order valence-corrected chi connectivity index (χ0v) is 28.6. The van der Waals surface area contributed by atoms with E-state index in [4.69, 9.17) is 18.9 Å². The summed E-state index contributed by atoms with van der Waals surface area (Å²) in [5.74, 6) is 1.59. The summed E-state index contributed by atoms with van der Waals surface area (Å²) in [5.41, 5.74) is 0.886. The van der Waals surface area contributed by atoms with Crippen LogP contribution in [-0.4, -0.2) is 58.0 Å². The Labute approximate surface area is 261 Å². The zero-order valence-electron chi connectivity index (χ0n) is 28.6. The van der Waals surface area contributed by atoms with E-state index in [1.54, 1.807) is 12.7 Å². The van der Waals surface area contributed by atoms with Crippen LogP contribution in [0, 0.1) is 56.7 Å². The number of allylic oxidation sites excluding steroid dienone is 1. The number of rotatable bonds is 10. The number of hydrogen-bond donors (Lipinski definition) is 0. The van der Waals surface area contributed by atoms with E-state index in [0.717, 1.165) is 57.7 Å². The van der Waals surface area contributed by atoms with Gasteiger partial charge in [-0.05, 0) is 84.9 Å². The predicted octanol–water partition coefficient (Wildman–Crippen LogP) is 7.43. The molecule has 244 valence electrons. The second-order valence-electron chi connectivity index (χ2n) is 16.4. The summed E-state index contributed by atoms with van der Waals surface area (Å²) in [5, 5.41) is 0. The third-order valence-corrected chi connectivity index (χ3v) is 14.4. The van der Waals surface area contributed by atoms with E-state index < -0.39 is 0 Å². The van der Waals surface area contributed by atoms with Gasteiger partial charge in [-0.25, -0.2) is 0 Å². The summed E-state index contributed by atoms with van der Waals surface area (Å²) in [6.07, 6.45) is 11.2. The van der Waals surface area contributed by atoms with Crippen LogP contribution in [0.1, 0.15) is 107 Å². The topological polar surface area (TPSA) is 71.1 Å². The number of unbranched alkanes of at least 4 members (excludes halogenated alkanes) is 1. The Hall–Kier alpha value is -1.24. The minimum atomic E-state index is -0.225. The second kappa shape index (κ2) is 11.8. The lowest BCUT2D eigenvalue weighted by molar-refractivity contribution is -0.265. The van der Waals surface area contributed by atoms with E-state index >= 15 is 0 Å². The van der Waals surface area contributed by atoms with Crippen molar-refractivity contribution < 1.29 is 28.5 Å². The molecular weight excluding hydrogens is 540 g/mol. The van der Waals surface area contributed by atoms with Crippen molar-refractivity contribution in [2.24, 2.45) is 56.7 Å². The van der Waals surface area contributed by atoms with Gasteiger partial charge in [0.1, 0.15) is 12.9 Å². The summed E-state index contributed by atoms with van der Waals surface area (Å²) in [6.45, 7) is 20.7. The van der Waals surface area contributed by atoms with Crippen LogP contribution >= 0.6 is 0 Å². The number of carbonyl (C=O) groups excluding carboxylic acids is 2. The highest BCUT2D eigenvalue weighted by atomic mass is 16.5. The van der Waals surface area contributed by atoms with Crippen LogP contribution in [0.25, 0.3) is 0 Å². The summed E-state index contributed by atoms with van der Waals surface area (Å²) in [4.78, 5) is 25.6. The molecule has 4 aliphatic carbocycles. The first-order valence-corrected chi connectivity index (χ1v) is 17.3. The number of hydrogen-bond acceptors (Lipinski definition) is 6. The van der Waals surface area contributed by atoms with Gasteiger partial charge in [0.2, 0.25) is 0 Å². The van der Waals surface area contributed by atoms with Crippen molar-refractivity contribution >= 4 is 12.3 Å². The van der Waals surface area contributed by atoms with Gasteiger partial charge in [0.05, 0.1) is 37.9 Å². The average molecular weight is 601 g/mol. The highest BCUT2D eigenvalue weighted by molar-refractivity contribution is 5.75. The van der Waals surface area contributed by atoms with Gasteiger partial charge < -0.3 is 23.7 Å². The van der Waals surface area contributed by atoms with Gasteiger partial charge in [-0.3, -0.25) is 4.79 Å². The van der Waals surface area contributed by atoms with Crippen molar-refractivity contribution in [3.8, 4) is 0 Å². The lowest BCUT2D eigenvalue weighted by Crippen LogP contribution is -2.70. The first kappa shape index (κ1) is 33.1. The van der Waals surface area contributed by atoms with E-state index in [9.17, 15) is 9.59 Å². The Bertz CT molecular complexity index is 1080. The molecule has 3 saturated carbocycles. The lowest BCUT2D eigenvalue weighted by Gasteiger charge is -2.71. The van der Waals surface area contributed by atoms with Gasteiger partial charge in [-0.15, -0.1) is 0 Å². The standard InChI is InChI=1S/C37H60O6/c1-10-11-19-43-32(39)30-33(5,25(4)24(2)3)16-17-35(7)26-12-13-29-34(6)22-41-23-37(29,27(26)14-15-36(30,35)8)21-28(40-9)31(34)42-20-18-38/h14,18,24-26,28-31H,10-13,15-17,19-23H2,1-9H3/t25-,26+,28-,29+,30-,31+,33-,34+,35-,36+,37+/m1/s1. The molecule has 5 rings (SSSR count). The SMILES string of the molecule is CCCCOC(=O)[C@@H]1[C@@](C)([C@H](C)C(C)C)CC[C@]2(C)[C@H]3CC[C@@H]4[C@@]5(COC[C@]4(C)[C@@H](OCC=O)[C@H](OC)C5)C3=CC[C@@]12C. The van der Waals surface area contributed by atoms with Gasteiger partial charge in [0, 0.05) is 17.9 Å². The molecule has 0 spiro atoms. The Kier molecular flexibility index (Phi) is 9.13. The van der Waals surface area contributed by atoms with Crippen molar-refractivity contribution in [3.05, 3.63) is 11.6 Å². The summed E-state index contributed by atoms with van der Waals surface area (Å²) >= 11 is 0. The van der Waals surface area contributed by atoms with Crippen molar-refractivity contribution in [2.75, 3.05) is 33.5 Å². The van der Waals surface area contributed by atoms with Crippen molar-refractivity contribution in [3.63, 3.8) is 0 Å². The molecule has 0 aromatic heterocycles. The average Bonchev–Trinajstić information content (AvgIpc) is 2.96. The van der Waals surface area contributed by atoms with Crippen LogP contribution < -0.4 is 0 Å². The quantitative estimate of drug-likeness (QED) is 0.112. The van der Waals surface area contributed by atoms with Crippen molar-refractivity contribution in [2.45, 2.75) is 119 Å². The van der Waals surface area contributed by atoms with Crippen LogP contribution in [-0.2, 0) is 28.5 Å². The van der Waals surface area contributed by atoms with Crippen LogP contribution in [0.2, 0.25) is 0 Å². The fourth-order valence-electron chi connectivity index (χ4n) is 11.6. The maximum absolute atomic E-state index is 14.3. The van der Waals surface area contributed by atoms with E-state index in [0.29, 0.717) is 43.5 Å². The molecule has 0 unspecified atom stereocenters. The van der Waals surface area contributed by atoms with E-state index in [2.05, 4.69) is 61.5 Å². The number of methoxy groups -OCH3 is 1. The largest absolute Gasteiger partial charge is 0.465 e. The molecule has 11 atom stereocenters. The molecule has 1 heterocycles. The normalized spacial score (nSPS) is 46.2. The van der Waals surface area contributed by atoms with E-state index in [1.807, 2.05) is 0 Å². The van der Waals surface area contributed by atoms with Crippen LogP contribution in [0.5, 0.6) is 0 Å². The predicted molar refractivity (Wildman–Crippen MR) is 168 cm³/mol.